The van der Waals surface area contributed by atoms with E-state index in [-0.39, 0.29) is 5.69 Å². The smallest absolute Gasteiger partial charge is 0.258 e. The molecule has 0 saturated carbocycles. The first kappa shape index (κ1) is 13.8. The second-order valence-electron chi connectivity index (χ2n) is 3.65. The Bertz CT molecular complexity index is 444. The molecule has 0 aromatic carbocycles. The van der Waals surface area contributed by atoms with Gasteiger partial charge in [0.2, 0.25) is 0 Å². The molecule has 1 rings (SSSR count). The van der Waals surface area contributed by atoms with Crippen molar-refractivity contribution < 1.29 is 26.3 Å². The van der Waals surface area contributed by atoms with E-state index in [1.807, 2.05) is 0 Å². The lowest BCUT2D eigenvalue weighted by atomic mass is 9.99. The summed E-state index contributed by atoms with van der Waals surface area (Å²) in [6, 6.07) is 0. The van der Waals surface area contributed by atoms with Crippen LogP contribution in [-0.2, 0) is 12.4 Å². The van der Waals surface area contributed by atoms with Crippen molar-refractivity contribution in [3.8, 4) is 0 Å². The second kappa shape index (κ2) is 3.89. The fourth-order valence-corrected chi connectivity index (χ4v) is 1.64. The van der Waals surface area contributed by atoms with Crippen LogP contribution >= 0.6 is 0 Å². The van der Waals surface area contributed by atoms with Crippen molar-refractivity contribution in [2.45, 2.75) is 33.1 Å². The van der Waals surface area contributed by atoms with E-state index >= 15 is 0 Å². The van der Waals surface area contributed by atoms with Crippen LogP contribution in [0.25, 0.3) is 0 Å². The Morgan fingerprint density at radius 2 is 1.12 bits per heavy atom. The average Bonchev–Trinajstić information content (AvgIpc) is 2.06. The number of aryl methyl sites for hydroxylation is 2. The molecule has 1 nitrogen and oxygen atoms in total. The molecule has 1 aromatic rings. The molecular formula is C10H9F6N. The van der Waals surface area contributed by atoms with Gasteiger partial charge in [-0.25, -0.2) is 0 Å². The van der Waals surface area contributed by atoms with Gasteiger partial charge in [0.25, 0.3) is 0 Å². The lowest BCUT2D eigenvalue weighted by Crippen LogP contribution is -2.21. The van der Waals surface area contributed by atoms with Crippen LogP contribution < -0.4 is 0 Å². The first-order valence-electron chi connectivity index (χ1n) is 4.58. The van der Waals surface area contributed by atoms with Crippen molar-refractivity contribution in [3.05, 3.63) is 28.1 Å². The van der Waals surface area contributed by atoms with Crippen molar-refractivity contribution in [1.82, 2.24) is 4.98 Å². The molecule has 0 unspecified atom stereocenters. The van der Waals surface area contributed by atoms with E-state index in [4.69, 9.17) is 0 Å². The van der Waals surface area contributed by atoms with E-state index < -0.39 is 34.7 Å². The largest absolute Gasteiger partial charge is 0.418 e. The van der Waals surface area contributed by atoms with Crippen LogP contribution in [0.5, 0.6) is 0 Å². The number of pyridine rings is 1. The molecule has 1 aromatic heterocycles. The van der Waals surface area contributed by atoms with Crippen molar-refractivity contribution in [2.24, 2.45) is 0 Å². The van der Waals surface area contributed by atoms with Gasteiger partial charge in [-0.2, -0.15) is 26.3 Å². The molecule has 96 valence electrons. The minimum absolute atomic E-state index is 0.0529. The first-order chi connectivity index (χ1) is 7.46. The highest BCUT2D eigenvalue weighted by molar-refractivity contribution is 5.42. The summed E-state index contributed by atoms with van der Waals surface area (Å²) in [5.74, 6) is 0. The number of alkyl halides is 6. The average molecular weight is 257 g/mol. The number of halogens is 6. The SMILES string of the molecule is Cc1nc(C)c(C(F)(F)F)c(C(F)(F)F)c1C. The van der Waals surface area contributed by atoms with Crippen LogP contribution in [0.3, 0.4) is 0 Å². The molecule has 7 heteroatoms. The Kier molecular flexibility index (Phi) is 3.15. The molecule has 17 heavy (non-hydrogen) atoms. The molecule has 0 N–H and O–H groups in total. The molecule has 0 fully saturated rings. The van der Waals surface area contributed by atoms with E-state index in [9.17, 15) is 26.3 Å². The second-order valence-corrected chi connectivity index (χ2v) is 3.65. The third kappa shape index (κ3) is 2.53. The van der Waals surface area contributed by atoms with Gasteiger partial charge in [-0.3, -0.25) is 4.98 Å². The summed E-state index contributed by atoms with van der Waals surface area (Å²) < 4.78 is 75.8. The van der Waals surface area contributed by atoms with Crippen LogP contribution in [0, 0.1) is 20.8 Å². The lowest BCUT2D eigenvalue weighted by molar-refractivity contribution is -0.163. The Hall–Kier alpha value is -1.27. The molecule has 0 aliphatic heterocycles. The summed E-state index contributed by atoms with van der Waals surface area (Å²) in [6.07, 6.45) is -10.1. The van der Waals surface area contributed by atoms with Crippen molar-refractivity contribution >= 4 is 0 Å². The predicted molar refractivity (Wildman–Crippen MR) is 48.5 cm³/mol. The Morgan fingerprint density at radius 1 is 0.706 bits per heavy atom. The maximum atomic E-state index is 12.7. The van der Waals surface area contributed by atoms with E-state index in [1.165, 1.54) is 6.92 Å². The maximum Gasteiger partial charge on any atom is 0.418 e. The summed E-state index contributed by atoms with van der Waals surface area (Å²) in [7, 11) is 0. The Labute approximate surface area is 93.5 Å². The number of nitrogens with zero attached hydrogens (tertiary/aromatic N) is 1. The van der Waals surface area contributed by atoms with E-state index in [1.54, 1.807) is 0 Å². The van der Waals surface area contributed by atoms with Gasteiger partial charge in [0.15, 0.2) is 0 Å². The van der Waals surface area contributed by atoms with E-state index in [2.05, 4.69) is 4.98 Å². The molecule has 1 heterocycles. The number of aromatic nitrogens is 1. The summed E-state index contributed by atoms with van der Waals surface area (Å²) in [4.78, 5) is 3.49. The van der Waals surface area contributed by atoms with Gasteiger partial charge in [-0.15, -0.1) is 0 Å². The number of hydrogen-bond acceptors (Lipinski definition) is 1. The van der Waals surface area contributed by atoms with Crippen LogP contribution in [0.4, 0.5) is 26.3 Å². The standard InChI is InChI=1S/C10H9F6N/c1-4-5(2)17-6(3)8(10(14,15)16)7(4)9(11,12)13/h1-3H3. The van der Waals surface area contributed by atoms with Crippen LogP contribution in [0.15, 0.2) is 0 Å². The van der Waals surface area contributed by atoms with Crippen LogP contribution in [0.1, 0.15) is 28.1 Å². The molecule has 0 amide bonds. The molecule has 0 aliphatic carbocycles. The van der Waals surface area contributed by atoms with Gasteiger partial charge >= 0.3 is 12.4 Å². The summed E-state index contributed by atoms with van der Waals surface area (Å²) in [6.45, 7) is 3.15. The van der Waals surface area contributed by atoms with E-state index in [0.29, 0.717) is 0 Å². The summed E-state index contributed by atoms with van der Waals surface area (Å²) in [5.41, 5.74) is -4.55. The number of hydrogen-bond donors (Lipinski definition) is 0. The molecule has 0 spiro atoms. The quantitative estimate of drug-likeness (QED) is 0.639. The minimum atomic E-state index is -5.07. The number of rotatable bonds is 0. The van der Waals surface area contributed by atoms with Crippen molar-refractivity contribution in [3.63, 3.8) is 0 Å². The highest BCUT2D eigenvalue weighted by Crippen LogP contribution is 2.43. The fraction of sp³-hybridized carbons (Fsp3) is 0.500. The Morgan fingerprint density at radius 3 is 1.47 bits per heavy atom. The first-order valence-corrected chi connectivity index (χ1v) is 4.58. The third-order valence-electron chi connectivity index (χ3n) is 2.43. The summed E-state index contributed by atoms with van der Waals surface area (Å²) >= 11 is 0. The molecule has 0 saturated heterocycles. The Balaban J connectivity index is 3.76. The molecular weight excluding hydrogens is 248 g/mol. The van der Waals surface area contributed by atoms with E-state index in [0.717, 1.165) is 13.8 Å². The fourth-order valence-electron chi connectivity index (χ4n) is 1.64. The van der Waals surface area contributed by atoms with Gasteiger partial charge in [0.05, 0.1) is 16.8 Å². The zero-order valence-corrected chi connectivity index (χ0v) is 9.22. The van der Waals surface area contributed by atoms with Crippen molar-refractivity contribution in [2.75, 3.05) is 0 Å². The molecule has 0 radical (unpaired) electrons. The molecule has 0 bridgehead atoms. The van der Waals surface area contributed by atoms with Gasteiger partial charge in [0.1, 0.15) is 0 Å². The third-order valence-corrected chi connectivity index (χ3v) is 2.43. The summed E-state index contributed by atoms with van der Waals surface area (Å²) in [5, 5.41) is 0. The zero-order valence-electron chi connectivity index (χ0n) is 9.22. The highest BCUT2D eigenvalue weighted by Gasteiger charge is 2.46. The predicted octanol–water partition coefficient (Wildman–Crippen LogP) is 4.04. The zero-order chi connectivity index (χ0) is 13.6. The van der Waals surface area contributed by atoms with Gasteiger partial charge < -0.3 is 0 Å². The topological polar surface area (TPSA) is 12.9 Å². The maximum absolute atomic E-state index is 12.7. The van der Waals surface area contributed by atoms with Crippen LogP contribution in [0.2, 0.25) is 0 Å². The monoisotopic (exact) mass is 257 g/mol. The highest BCUT2D eigenvalue weighted by atomic mass is 19.4. The minimum Gasteiger partial charge on any atom is -0.258 e. The lowest BCUT2D eigenvalue weighted by Gasteiger charge is -2.20. The van der Waals surface area contributed by atoms with Crippen molar-refractivity contribution in [1.29, 1.82) is 0 Å². The molecule has 0 atom stereocenters. The normalized spacial score (nSPS) is 13.0. The molecule has 0 aliphatic rings. The van der Waals surface area contributed by atoms with Gasteiger partial charge in [0, 0.05) is 5.69 Å². The van der Waals surface area contributed by atoms with Gasteiger partial charge in [-0.05, 0) is 26.3 Å². The van der Waals surface area contributed by atoms with Gasteiger partial charge in [-0.1, -0.05) is 0 Å². The van der Waals surface area contributed by atoms with Crippen LogP contribution in [-0.4, -0.2) is 4.98 Å².